The van der Waals surface area contributed by atoms with Crippen molar-refractivity contribution in [2.75, 3.05) is 6.54 Å². The van der Waals surface area contributed by atoms with Crippen LogP contribution in [0.1, 0.15) is 25.5 Å². The van der Waals surface area contributed by atoms with E-state index in [-0.39, 0.29) is 0 Å². The lowest BCUT2D eigenvalue weighted by Gasteiger charge is -2.14. The molecule has 2 aromatic rings. The maximum Gasteiger partial charge on any atom is 0.138 e. The number of nitrogens with one attached hydrogen (secondary N) is 1. The van der Waals surface area contributed by atoms with E-state index in [1.165, 1.54) is 11.9 Å². The van der Waals surface area contributed by atoms with Crippen molar-refractivity contribution in [1.29, 1.82) is 0 Å². The van der Waals surface area contributed by atoms with Gasteiger partial charge in [-0.25, -0.2) is 9.67 Å². The van der Waals surface area contributed by atoms with Crippen LogP contribution in [-0.2, 0) is 0 Å². The standard InChI is InChI=1S/C14H18N4/c1-11(2)8-16-12(3)13-4-6-14(7-5-13)18-10-15-9-17-18/h4-7,9-10,12,16H,1,8H2,2-3H3/t12-/m1/s1. The average Bonchev–Trinajstić information content (AvgIpc) is 2.90. The van der Waals surface area contributed by atoms with Crippen molar-refractivity contribution in [3.63, 3.8) is 0 Å². The quantitative estimate of drug-likeness (QED) is 0.819. The highest BCUT2D eigenvalue weighted by molar-refractivity contribution is 5.34. The average molecular weight is 242 g/mol. The van der Waals surface area contributed by atoms with E-state index in [9.17, 15) is 0 Å². The van der Waals surface area contributed by atoms with Gasteiger partial charge in [-0.15, -0.1) is 0 Å². The van der Waals surface area contributed by atoms with Crippen molar-refractivity contribution < 1.29 is 0 Å². The highest BCUT2D eigenvalue weighted by Crippen LogP contribution is 2.15. The number of rotatable bonds is 5. The highest BCUT2D eigenvalue weighted by atomic mass is 15.3. The zero-order valence-corrected chi connectivity index (χ0v) is 10.8. The molecule has 2 rings (SSSR count). The van der Waals surface area contributed by atoms with Crippen LogP contribution in [0.2, 0.25) is 0 Å². The molecule has 0 aliphatic carbocycles. The summed E-state index contributed by atoms with van der Waals surface area (Å²) in [4.78, 5) is 3.93. The molecule has 1 heterocycles. The minimum absolute atomic E-state index is 0.312. The lowest BCUT2D eigenvalue weighted by atomic mass is 10.1. The van der Waals surface area contributed by atoms with Gasteiger partial charge in [-0.3, -0.25) is 0 Å². The van der Waals surface area contributed by atoms with Crippen LogP contribution in [0.25, 0.3) is 5.69 Å². The van der Waals surface area contributed by atoms with Crippen molar-refractivity contribution in [1.82, 2.24) is 20.1 Å². The largest absolute Gasteiger partial charge is 0.306 e. The molecule has 0 aliphatic heterocycles. The summed E-state index contributed by atoms with van der Waals surface area (Å²) < 4.78 is 1.75. The molecule has 1 N–H and O–H groups in total. The SMILES string of the molecule is C=C(C)CN[C@H](C)c1ccc(-n2cncn2)cc1. The van der Waals surface area contributed by atoms with Crippen LogP contribution < -0.4 is 5.32 Å². The third kappa shape index (κ3) is 3.05. The maximum atomic E-state index is 4.10. The Kier molecular flexibility index (Phi) is 3.89. The second-order valence-electron chi connectivity index (χ2n) is 4.49. The molecule has 1 aromatic carbocycles. The molecular formula is C14H18N4. The van der Waals surface area contributed by atoms with E-state index in [4.69, 9.17) is 0 Å². The first-order chi connectivity index (χ1) is 8.66. The van der Waals surface area contributed by atoms with Gasteiger partial charge in [-0.1, -0.05) is 24.3 Å². The van der Waals surface area contributed by atoms with E-state index < -0.39 is 0 Å². The monoisotopic (exact) mass is 242 g/mol. The van der Waals surface area contributed by atoms with E-state index in [1.807, 2.05) is 19.1 Å². The lowest BCUT2D eigenvalue weighted by Crippen LogP contribution is -2.20. The van der Waals surface area contributed by atoms with Crippen LogP contribution in [0.5, 0.6) is 0 Å². The molecule has 0 spiro atoms. The first-order valence-corrected chi connectivity index (χ1v) is 5.99. The molecule has 0 radical (unpaired) electrons. The number of aromatic nitrogens is 3. The fourth-order valence-corrected chi connectivity index (χ4v) is 1.70. The summed E-state index contributed by atoms with van der Waals surface area (Å²) in [7, 11) is 0. The summed E-state index contributed by atoms with van der Waals surface area (Å²) in [6.45, 7) is 8.89. The minimum atomic E-state index is 0.312. The topological polar surface area (TPSA) is 42.7 Å². The van der Waals surface area contributed by atoms with Crippen molar-refractivity contribution in [2.24, 2.45) is 0 Å². The van der Waals surface area contributed by atoms with Crippen molar-refractivity contribution in [3.8, 4) is 5.69 Å². The fraction of sp³-hybridized carbons (Fsp3) is 0.286. The summed E-state index contributed by atoms with van der Waals surface area (Å²) in [5.74, 6) is 0. The van der Waals surface area contributed by atoms with E-state index in [0.717, 1.165) is 17.8 Å². The van der Waals surface area contributed by atoms with Gasteiger partial charge in [0.25, 0.3) is 0 Å². The molecule has 4 heteroatoms. The molecule has 0 aliphatic rings. The molecule has 4 nitrogen and oxygen atoms in total. The summed E-state index contributed by atoms with van der Waals surface area (Å²) in [6.07, 6.45) is 3.22. The van der Waals surface area contributed by atoms with Gasteiger partial charge in [0.05, 0.1) is 5.69 Å². The number of benzene rings is 1. The number of nitrogens with zero attached hydrogens (tertiary/aromatic N) is 3. The van der Waals surface area contributed by atoms with Gasteiger partial charge in [-0.05, 0) is 31.5 Å². The Morgan fingerprint density at radius 1 is 1.39 bits per heavy atom. The first kappa shape index (κ1) is 12.5. The molecule has 1 atom stereocenters. The van der Waals surface area contributed by atoms with E-state index in [0.29, 0.717) is 6.04 Å². The van der Waals surface area contributed by atoms with Crippen LogP contribution in [0.4, 0.5) is 0 Å². The Labute approximate surface area is 107 Å². The second-order valence-corrected chi connectivity index (χ2v) is 4.49. The van der Waals surface area contributed by atoms with Crippen LogP contribution in [0.3, 0.4) is 0 Å². The molecule has 0 unspecified atom stereocenters. The van der Waals surface area contributed by atoms with Crippen LogP contribution >= 0.6 is 0 Å². The Morgan fingerprint density at radius 2 is 2.11 bits per heavy atom. The van der Waals surface area contributed by atoms with Crippen LogP contribution in [0, 0.1) is 0 Å². The van der Waals surface area contributed by atoms with Crippen molar-refractivity contribution in [2.45, 2.75) is 19.9 Å². The predicted octanol–water partition coefficient (Wildman–Crippen LogP) is 2.49. The van der Waals surface area contributed by atoms with E-state index >= 15 is 0 Å². The molecule has 1 aromatic heterocycles. The van der Waals surface area contributed by atoms with Gasteiger partial charge in [0.2, 0.25) is 0 Å². The molecule has 0 bridgehead atoms. The van der Waals surface area contributed by atoms with Gasteiger partial charge in [0, 0.05) is 12.6 Å². The lowest BCUT2D eigenvalue weighted by molar-refractivity contribution is 0.607. The van der Waals surface area contributed by atoms with Crippen LogP contribution in [0.15, 0.2) is 49.1 Å². The first-order valence-electron chi connectivity index (χ1n) is 5.99. The summed E-state index contributed by atoms with van der Waals surface area (Å²) in [6, 6.07) is 8.61. The number of hydrogen-bond acceptors (Lipinski definition) is 3. The molecule has 0 saturated carbocycles. The summed E-state index contributed by atoms with van der Waals surface area (Å²) >= 11 is 0. The predicted molar refractivity (Wildman–Crippen MR) is 72.6 cm³/mol. The molecule has 94 valence electrons. The second kappa shape index (κ2) is 5.60. The molecule has 0 fully saturated rings. The van der Waals surface area contributed by atoms with E-state index in [1.54, 1.807) is 11.0 Å². The number of hydrogen-bond donors (Lipinski definition) is 1. The van der Waals surface area contributed by atoms with Gasteiger partial charge in [-0.2, -0.15) is 5.10 Å². The fourth-order valence-electron chi connectivity index (χ4n) is 1.70. The van der Waals surface area contributed by atoms with Crippen molar-refractivity contribution >= 4 is 0 Å². The smallest absolute Gasteiger partial charge is 0.138 e. The van der Waals surface area contributed by atoms with Crippen molar-refractivity contribution in [3.05, 3.63) is 54.6 Å². The van der Waals surface area contributed by atoms with Gasteiger partial charge in [0.15, 0.2) is 0 Å². The maximum absolute atomic E-state index is 4.10. The molecule has 0 amide bonds. The third-order valence-electron chi connectivity index (χ3n) is 2.79. The molecular weight excluding hydrogens is 224 g/mol. The zero-order valence-electron chi connectivity index (χ0n) is 10.8. The van der Waals surface area contributed by atoms with Gasteiger partial charge in [0.1, 0.15) is 12.7 Å². The Bertz CT molecular complexity index is 499. The Morgan fingerprint density at radius 3 is 2.67 bits per heavy atom. The molecule has 0 saturated heterocycles. The Balaban J connectivity index is 2.05. The highest BCUT2D eigenvalue weighted by Gasteiger charge is 2.05. The molecule has 18 heavy (non-hydrogen) atoms. The van der Waals surface area contributed by atoms with E-state index in [2.05, 4.69) is 41.0 Å². The normalized spacial score (nSPS) is 12.3. The summed E-state index contributed by atoms with van der Waals surface area (Å²) in [5, 5.41) is 7.52. The minimum Gasteiger partial charge on any atom is -0.306 e. The van der Waals surface area contributed by atoms with Gasteiger partial charge >= 0.3 is 0 Å². The summed E-state index contributed by atoms with van der Waals surface area (Å²) in [5.41, 5.74) is 3.41. The third-order valence-corrected chi connectivity index (χ3v) is 2.79. The Hall–Kier alpha value is -1.94. The zero-order chi connectivity index (χ0) is 13.0. The van der Waals surface area contributed by atoms with Gasteiger partial charge < -0.3 is 5.32 Å². The van der Waals surface area contributed by atoms with Crippen LogP contribution in [-0.4, -0.2) is 21.3 Å².